The van der Waals surface area contributed by atoms with Crippen molar-refractivity contribution in [3.8, 4) is 0 Å². The van der Waals surface area contributed by atoms with Crippen molar-refractivity contribution in [1.29, 1.82) is 0 Å². The van der Waals surface area contributed by atoms with Gasteiger partial charge in [0.15, 0.2) is 0 Å². The molecule has 1 N–H and O–H groups in total. The van der Waals surface area contributed by atoms with E-state index in [4.69, 9.17) is 23.2 Å². The zero-order valence-corrected chi connectivity index (χ0v) is 14.0. The van der Waals surface area contributed by atoms with E-state index in [1.165, 1.54) is 0 Å². The van der Waals surface area contributed by atoms with E-state index in [9.17, 15) is 5.11 Å². The van der Waals surface area contributed by atoms with E-state index in [1.807, 2.05) is 43.7 Å². The second-order valence-corrected chi connectivity index (χ2v) is 5.89. The van der Waals surface area contributed by atoms with E-state index in [2.05, 4.69) is 5.10 Å². The molecule has 1 heterocycles. The van der Waals surface area contributed by atoms with E-state index in [0.29, 0.717) is 16.5 Å². The number of aromatic nitrogens is 2. The highest BCUT2D eigenvalue weighted by molar-refractivity contribution is 6.32. The van der Waals surface area contributed by atoms with Gasteiger partial charge in [-0.1, -0.05) is 42.3 Å². The second kappa shape index (κ2) is 6.82. The number of aliphatic hydroxyl groups excluding tert-OH is 1. The summed E-state index contributed by atoms with van der Waals surface area (Å²) in [4.78, 5) is 0. The van der Waals surface area contributed by atoms with Gasteiger partial charge in [0.05, 0.1) is 22.5 Å². The molecule has 0 bridgehead atoms. The summed E-state index contributed by atoms with van der Waals surface area (Å²) in [5, 5.41) is 16.3. The highest BCUT2D eigenvalue weighted by Crippen LogP contribution is 2.28. The highest BCUT2D eigenvalue weighted by Gasteiger charge is 2.19. The number of aryl methyl sites for hydroxylation is 3. The van der Waals surface area contributed by atoms with E-state index >= 15 is 0 Å². The Morgan fingerprint density at radius 2 is 2.00 bits per heavy atom. The zero-order chi connectivity index (χ0) is 15.6. The molecule has 114 valence electrons. The molecule has 1 atom stereocenters. The Morgan fingerprint density at radius 3 is 2.57 bits per heavy atom. The van der Waals surface area contributed by atoms with Crippen molar-refractivity contribution in [2.45, 2.75) is 46.3 Å². The van der Waals surface area contributed by atoms with Gasteiger partial charge in [0, 0.05) is 18.0 Å². The molecule has 0 radical (unpaired) electrons. The Morgan fingerprint density at radius 1 is 1.29 bits per heavy atom. The lowest BCUT2D eigenvalue weighted by molar-refractivity contribution is 0.175. The third kappa shape index (κ3) is 3.42. The van der Waals surface area contributed by atoms with Crippen LogP contribution in [0.25, 0.3) is 0 Å². The summed E-state index contributed by atoms with van der Waals surface area (Å²) in [6, 6.07) is 5.62. The van der Waals surface area contributed by atoms with Gasteiger partial charge >= 0.3 is 0 Å². The first-order valence-corrected chi connectivity index (χ1v) is 7.91. The van der Waals surface area contributed by atoms with Crippen LogP contribution in [-0.2, 0) is 19.4 Å². The lowest BCUT2D eigenvalue weighted by Crippen LogP contribution is -2.09. The topological polar surface area (TPSA) is 38.0 Å². The molecule has 0 saturated carbocycles. The molecule has 0 saturated heterocycles. The monoisotopic (exact) mass is 326 g/mol. The van der Waals surface area contributed by atoms with Crippen LogP contribution in [0.5, 0.6) is 0 Å². The predicted molar refractivity (Wildman–Crippen MR) is 87.1 cm³/mol. The predicted octanol–water partition coefficient (Wildman–Crippen LogP) is 4.36. The van der Waals surface area contributed by atoms with E-state index in [1.54, 1.807) is 0 Å². The van der Waals surface area contributed by atoms with Crippen LogP contribution >= 0.6 is 23.2 Å². The molecule has 0 aliphatic carbocycles. The minimum Gasteiger partial charge on any atom is -0.388 e. The Bertz CT molecular complexity index is 637. The van der Waals surface area contributed by atoms with Crippen molar-refractivity contribution in [2.24, 2.45) is 0 Å². The molecule has 0 spiro atoms. The van der Waals surface area contributed by atoms with Crippen LogP contribution in [-0.4, -0.2) is 14.9 Å². The number of benzene rings is 1. The van der Waals surface area contributed by atoms with E-state index in [-0.39, 0.29) is 0 Å². The summed E-state index contributed by atoms with van der Waals surface area (Å²) in [6.07, 6.45) is 0.567. The van der Waals surface area contributed by atoms with Gasteiger partial charge in [-0.25, -0.2) is 0 Å². The number of nitrogens with zero attached hydrogens (tertiary/aromatic N) is 2. The molecule has 0 fully saturated rings. The van der Waals surface area contributed by atoms with Crippen molar-refractivity contribution >= 4 is 23.2 Å². The Labute approximate surface area is 135 Å². The summed E-state index contributed by atoms with van der Waals surface area (Å²) in [7, 11) is 0. The third-order valence-corrected chi connectivity index (χ3v) is 4.50. The first kappa shape index (κ1) is 16.3. The lowest BCUT2D eigenvalue weighted by Gasteiger charge is -2.13. The smallest absolute Gasteiger partial charge is 0.0851 e. The number of aliphatic hydroxyl groups is 1. The normalized spacial score (nSPS) is 12.7. The fourth-order valence-electron chi connectivity index (χ4n) is 2.33. The molecule has 21 heavy (non-hydrogen) atoms. The van der Waals surface area contributed by atoms with Crippen LogP contribution in [0.4, 0.5) is 0 Å². The standard InChI is InChI=1S/C16H20Cl2N2O/c1-4-13-16(18)14(20(5-2)19-13)9-15(21)11-7-6-10(3)12(17)8-11/h6-8,15,21H,4-5,9H2,1-3H3. The van der Waals surface area contributed by atoms with Gasteiger partial charge in [0.25, 0.3) is 0 Å². The molecule has 5 heteroatoms. The Hall–Kier alpha value is -1.03. The van der Waals surface area contributed by atoms with Crippen LogP contribution in [0.3, 0.4) is 0 Å². The molecule has 1 aromatic carbocycles. The van der Waals surface area contributed by atoms with E-state index < -0.39 is 6.10 Å². The molecule has 1 unspecified atom stereocenters. The van der Waals surface area contributed by atoms with Gasteiger partial charge in [0.1, 0.15) is 0 Å². The zero-order valence-electron chi connectivity index (χ0n) is 12.5. The fraction of sp³-hybridized carbons (Fsp3) is 0.438. The van der Waals surface area contributed by atoms with Gasteiger partial charge in [-0.2, -0.15) is 5.10 Å². The summed E-state index contributed by atoms with van der Waals surface area (Å²) >= 11 is 12.5. The van der Waals surface area contributed by atoms with Gasteiger partial charge < -0.3 is 5.11 Å². The molecule has 0 aliphatic heterocycles. The minimum absolute atomic E-state index is 0.430. The third-order valence-electron chi connectivity index (χ3n) is 3.66. The first-order valence-electron chi connectivity index (χ1n) is 7.16. The quantitative estimate of drug-likeness (QED) is 0.886. The lowest BCUT2D eigenvalue weighted by atomic mass is 10.0. The molecule has 2 aromatic rings. The van der Waals surface area contributed by atoms with Crippen LogP contribution in [0.15, 0.2) is 18.2 Å². The SMILES string of the molecule is CCc1nn(CC)c(CC(O)c2ccc(C)c(Cl)c2)c1Cl. The number of rotatable bonds is 5. The average Bonchev–Trinajstić information content (AvgIpc) is 2.78. The number of hydrogen-bond acceptors (Lipinski definition) is 2. The molecule has 2 rings (SSSR count). The number of halogens is 2. The number of hydrogen-bond donors (Lipinski definition) is 1. The molecular formula is C16H20Cl2N2O. The fourth-order valence-corrected chi connectivity index (χ4v) is 2.86. The van der Waals surface area contributed by atoms with Crippen molar-refractivity contribution in [1.82, 2.24) is 9.78 Å². The molecular weight excluding hydrogens is 307 g/mol. The summed E-state index contributed by atoms with van der Waals surface area (Å²) in [5.41, 5.74) is 3.55. The molecule has 0 amide bonds. The maximum absolute atomic E-state index is 10.5. The van der Waals surface area contributed by atoms with Crippen molar-refractivity contribution in [2.75, 3.05) is 0 Å². The van der Waals surface area contributed by atoms with Crippen LogP contribution < -0.4 is 0 Å². The summed E-state index contributed by atoms with van der Waals surface area (Å²) in [6.45, 7) is 6.71. The average molecular weight is 327 g/mol. The molecule has 0 aliphatic rings. The van der Waals surface area contributed by atoms with Gasteiger partial charge in [-0.3, -0.25) is 4.68 Å². The van der Waals surface area contributed by atoms with Gasteiger partial charge in [0.2, 0.25) is 0 Å². The highest BCUT2D eigenvalue weighted by atomic mass is 35.5. The maximum atomic E-state index is 10.5. The minimum atomic E-state index is -0.646. The largest absolute Gasteiger partial charge is 0.388 e. The summed E-state index contributed by atoms with van der Waals surface area (Å²) in [5.74, 6) is 0. The van der Waals surface area contributed by atoms with Crippen LogP contribution in [0.1, 0.15) is 42.5 Å². The Kier molecular flexibility index (Phi) is 5.31. The van der Waals surface area contributed by atoms with Crippen LogP contribution in [0.2, 0.25) is 10.0 Å². The Balaban J connectivity index is 2.28. The van der Waals surface area contributed by atoms with Crippen molar-refractivity contribution in [3.63, 3.8) is 0 Å². The van der Waals surface area contributed by atoms with Gasteiger partial charge in [-0.15, -0.1) is 0 Å². The summed E-state index contributed by atoms with van der Waals surface area (Å²) < 4.78 is 1.86. The maximum Gasteiger partial charge on any atom is 0.0851 e. The molecule has 3 nitrogen and oxygen atoms in total. The molecule has 1 aromatic heterocycles. The van der Waals surface area contributed by atoms with Crippen molar-refractivity contribution < 1.29 is 5.11 Å². The van der Waals surface area contributed by atoms with Crippen LogP contribution in [0, 0.1) is 6.92 Å². The van der Waals surface area contributed by atoms with E-state index in [0.717, 1.165) is 35.5 Å². The van der Waals surface area contributed by atoms with Crippen molar-refractivity contribution in [3.05, 3.63) is 50.8 Å². The first-order chi connectivity index (χ1) is 9.97. The van der Waals surface area contributed by atoms with Gasteiger partial charge in [-0.05, 0) is 37.5 Å². The second-order valence-electron chi connectivity index (χ2n) is 5.11.